The Morgan fingerprint density at radius 2 is 1.97 bits per heavy atom. The number of ether oxygens (including phenoxy) is 1. The van der Waals surface area contributed by atoms with Crippen molar-refractivity contribution in [3.63, 3.8) is 0 Å². The van der Waals surface area contributed by atoms with Crippen molar-refractivity contribution in [3.05, 3.63) is 69.8 Å². The van der Waals surface area contributed by atoms with Crippen molar-refractivity contribution in [2.75, 3.05) is 5.32 Å². The van der Waals surface area contributed by atoms with E-state index in [0.29, 0.717) is 29.9 Å². The number of rotatable bonds is 3. The Morgan fingerprint density at radius 1 is 1.17 bits per heavy atom. The molecule has 154 valence electrons. The molecule has 0 bridgehead atoms. The van der Waals surface area contributed by atoms with Crippen molar-refractivity contribution in [2.24, 2.45) is 0 Å². The molecule has 2 aliphatic rings. The minimum Gasteiger partial charge on any atom is -0.406 e. The highest BCUT2D eigenvalue weighted by Gasteiger charge is 2.39. The lowest BCUT2D eigenvalue weighted by atomic mass is 9.80. The molecule has 0 unspecified atom stereocenters. The standard InChI is InChI=1S/C20H15F3N4O2S/c21-20(22,23)29-13-5-3-11(4-6-13)18-17-14(26-19-24-10-25-27(18)19)8-12(9-15(17)28)16-2-1-7-30-16/h1-7,10,12,18H,8-9H2,(H,24,25,26)/t12-,18+/m1/s1. The molecule has 0 radical (unpaired) electrons. The van der Waals surface area contributed by atoms with Crippen LogP contribution in [0.25, 0.3) is 0 Å². The molecule has 6 nitrogen and oxygen atoms in total. The molecule has 0 saturated carbocycles. The van der Waals surface area contributed by atoms with Crippen LogP contribution in [-0.2, 0) is 4.79 Å². The van der Waals surface area contributed by atoms with Gasteiger partial charge in [-0.15, -0.1) is 24.5 Å². The van der Waals surface area contributed by atoms with Crippen LogP contribution >= 0.6 is 11.3 Å². The van der Waals surface area contributed by atoms with Gasteiger partial charge in [-0.1, -0.05) is 18.2 Å². The first-order valence-corrected chi connectivity index (χ1v) is 10.1. The Bertz CT molecular complexity index is 1120. The maximum absolute atomic E-state index is 13.2. The van der Waals surface area contributed by atoms with Gasteiger partial charge in [0.25, 0.3) is 0 Å². The third-order valence-corrected chi connectivity index (χ3v) is 6.27. The number of carbonyl (C=O) groups excluding carboxylic acids is 1. The van der Waals surface area contributed by atoms with Gasteiger partial charge in [-0.25, -0.2) is 4.68 Å². The Hall–Kier alpha value is -3.14. The summed E-state index contributed by atoms with van der Waals surface area (Å²) in [5.41, 5.74) is 1.99. The molecular weight excluding hydrogens is 417 g/mol. The molecule has 10 heteroatoms. The number of hydrogen-bond donors (Lipinski definition) is 1. The summed E-state index contributed by atoms with van der Waals surface area (Å²) in [6, 6.07) is 8.95. The molecule has 1 aromatic carbocycles. The minimum absolute atomic E-state index is 0.0103. The zero-order chi connectivity index (χ0) is 20.9. The molecule has 0 spiro atoms. The molecule has 30 heavy (non-hydrogen) atoms. The molecule has 0 fully saturated rings. The summed E-state index contributed by atoms with van der Waals surface area (Å²) in [6.07, 6.45) is -2.35. The van der Waals surface area contributed by atoms with E-state index in [0.717, 1.165) is 10.6 Å². The second-order valence-electron chi connectivity index (χ2n) is 7.11. The molecule has 1 N–H and O–H groups in total. The molecule has 1 aliphatic heterocycles. The predicted octanol–water partition coefficient (Wildman–Crippen LogP) is 4.65. The number of nitrogens with one attached hydrogen (secondary N) is 1. The normalized spacial score (nSPS) is 21.1. The van der Waals surface area contributed by atoms with Crippen molar-refractivity contribution in [1.82, 2.24) is 14.8 Å². The van der Waals surface area contributed by atoms with E-state index in [1.807, 2.05) is 17.5 Å². The van der Waals surface area contributed by atoms with Crippen molar-refractivity contribution >= 4 is 23.1 Å². The van der Waals surface area contributed by atoms with Gasteiger partial charge in [0.05, 0.1) is 0 Å². The minimum atomic E-state index is -4.76. The van der Waals surface area contributed by atoms with Gasteiger partial charge < -0.3 is 10.1 Å². The number of alkyl halides is 3. The van der Waals surface area contributed by atoms with Gasteiger partial charge in [0, 0.05) is 28.5 Å². The van der Waals surface area contributed by atoms with Crippen LogP contribution in [0.4, 0.5) is 19.1 Å². The lowest BCUT2D eigenvalue weighted by Gasteiger charge is -2.34. The van der Waals surface area contributed by atoms with E-state index in [4.69, 9.17) is 0 Å². The summed E-state index contributed by atoms with van der Waals surface area (Å²) in [5.74, 6) is 0.250. The summed E-state index contributed by atoms with van der Waals surface area (Å²) in [4.78, 5) is 18.5. The number of fused-ring (bicyclic) bond motifs is 1. The van der Waals surface area contributed by atoms with Crippen LogP contribution in [0.5, 0.6) is 5.75 Å². The Kier molecular flexibility index (Phi) is 4.39. The van der Waals surface area contributed by atoms with E-state index < -0.39 is 12.4 Å². The Balaban J connectivity index is 1.53. The lowest BCUT2D eigenvalue weighted by Crippen LogP contribution is -2.33. The van der Waals surface area contributed by atoms with E-state index in [9.17, 15) is 18.0 Å². The Labute approximate surface area is 173 Å². The van der Waals surface area contributed by atoms with Crippen molar-refractivity contribution in [3.8, 4) is 5.75 Å². The number of allylic oxidation sites excluding steroid dienone is 2. The second kappa shape index (κ2) is 6.98. The number of ketones is 1. The zero-order valence-electron chi connectivity index (χ0n) is 15.4. The smallest absolute Gasteiger partial charge is 0.406 e. The van der Waals surface area contributed by atoms with Crippen molar-refractivity contribution in [1.29, 1.82) is 0 Å². The van der Waals surface area contributed by atoms with Crippen LogP contribution in [0.1, 0.15) is 35.2 Å². The summed E-state index contributed by atoms with van der Waals surface area (Å²) >= 11 is 1.62. The number of Topliss-reactive ketones (excluding diaryl/α,β-unsaturated/α-hetero) is 1. The predicted molar refractivity (Wildman–Crippen MR) is 103 cm³/mol. The third kappa shape index (κ3) is 3.36. The van der Waals surface area contributed by atoms with Gasteiger partial charge in [-0.3, -0.25) is 4.79 Å². The number of carbonyl (C=O) groups is 1. The molecule has 3 heterocycles. The van der Waals surface area contributed by atoms with Crippen LogP contribution in [0, 0.1) is 0 Å². The summed E-state index contributed by atoms with van der Waals surface area (Å²) in [5, 5.41) is 9.45. The number of thiophene rings is 1. The molecule has 1 aliphatic carbocycles. The fraction of sp³-hybridized carbons (Fsp3) is 0.250. The van der Waals surface area contributed by atoms with E-state index >= 15 is 0 Å². The lowest BCUT2D eigenvalue weighted by molar-refractivity contribution is -0.274. The number of hydrogen-bond acceptors (Lipinski definition) is 6. The zero-order valence-corrected chi connectivity index (χ0v) is 16.2. The maximum atomic E-state index is 13.2. The number of aromatic nitrogens is 3. The molecule has 5 rings (SSSR count). The first-order chi connectivity index (χ1) is 14.4. The Morgan fingerprint density at radius 3 is 2.67 bits per heavy atom. The first-order valence-electron chi connectivity index (χ1n) is 9.21. The van der Waals surface area contributed by atoms with Gasteiger partial charge >= 0.3 is 6.36 Å². The second-order valence-corrected chi connectivity index (χ2v) is 8.09. The maximum Gasteiger partial charge on any atom is 0.573 e. The summed E-state index contributed by atoms with van der Waals surface area (Å²) < 4.78 is 43.0. The monoisotopic (exact) mass is 432 g/mol. The van der Waals surface area contributed by atoms with Crippen LogP contribution in [-0.4, -0.2) is 26.9 Å². The van der Waals surface area contributed by atoms with Crippen LogP contribution < -0.4 is 10.1 Å². The van der Waals surface area contributed by atoms with Crippen molar-refractivity contribution in [2.45, 2.75) is 31.2 Å². The van der Waals surface area contributed by atoms with E-state index in [2.05, 4.69) is 20.1 Å². The molecule has 0 amide bonds. The molecular formula is C20H15F3N4O2S. The number of benzene rings is 1. The van der Waals surface area contributed by atoms with Crippen LogP contribution in [0.2, 0.25) is 0 Å². The fourth-order valence-corrected chi connectivity index (χ4v) is 4.87. The van der Waals surface area contributed by atoms with Gasteiger partial charge in [-0.05, 0) is 35.6 Å². The largest absolute Gasteiger partial charge is 0.573 e. The molecule has 2 atom stereocenters. The number of halogens is 3. The molecule has 2 aromatic heterocycles. The quantitative estimate of drug-likeness (QED) is 0.652. The average Bonchev–Trinajstić information content (AvgIpc) is 3.37. The topological polar surface area (TPSA) is 69.0 Å². The van der Waals surface area contributed by atoms with Gasteiger partial charge in [-0.2, -0.15) is 10.1 Å². The van der Waals surface area contributed by atoms with Crippen LogP contribution in [0.3, 0.4) is 0 Å². The number of anilines is 1. The van der Waals surface area contributed by atoms with Crippen molar-refractivity contribution < 1.29 is 22.7 Å². The average molecular weight is 432 g/mol. The van der Waals surface area contributed by atoms with E-state index in [1.165, 1.54) is 30.6 Å². The van der Waals surface area contributed by atoms with Gasteiger partial charge in [0.2, 0.25) is 5.95 Å². The number of nitrogens with zero attached hydrogens (tertiary/aromatic N) is 3. The molecule has 3 aromatic rings. The SMILES string of the molecule is O=C1C[C@H](c2cccs2)CC2=C1[C@H](c1ccc(OC(F)(F)F)cc1)n1ncnc1N2. The van der Waals surface area contributed by atoms with Crippen LogP contribution in [0.15, 0.2) is 59.4 Å². The highest BCUT2D eigenvalue weighted by Crippen LogP contribution is 2.44. The van der Waals surface area contributed by atoms with E-state index in [1.54, 1.807) is 16.0 Å². The van der Waals surface area contributed by atoms with Gasteiger partial charge in [0.1, 0.15) is 18.1 Å². The summed E-state index contributed by atoms with van der Waals surface area (Å²) in [6.45, 7) is 0. The highest BCUT2D eigenvalue weighted by molar-refractivity contribution is 7.10. The first kappa shape index (κ1) is 18.9. The fourth-order valence-electron chi connectivity index (χ4n) is 4.04. The summed E-state index contributed by atoms with van der Waals surface area (Å²) in [7, 11) is 0. The highest BCUT2D eigenvalue weighted by atomic mass is 32.1. The third-order valence-electron chi connectivity index (χ3n) is 5.24. The van der Waals surface area contributed by atoms with E-state index in [-0.39, 0.29) is 17.5 Å². The molecule has 0 saturated heterocycles. The van der Waals surface area contributed by atoms with Gasteiger partial charge in [0.15, 0.2) is 5.78 Å².